The van der Waals surface area contributed by atoms with Gasteiger partial charge >= 0.3 is 0 Å². The number of aryl methyl sites for hydroxylation is 1. The zero-order valence-electron chi connectivity index (χ0n) is 9.54. The Hall–Kier alpha value is -1.95. The van der Waals surface area contributed by atoms with E-state index < -0.39 is 0 Å². The summed E-state index contributed by atoms with van der Waals surface area (Å²) in [5.41, 5.74) is 1.69. The molecule has 0 aliphatic heterocycles. The van der Waals surface area contributed by atoms with Crippen LogP contribution in [-0.2, 0) is 0 Å². The summed E-state index contributed by atoms with van der Waals surface area (Å²) >= 11 is 3.45. The van der Waals surface area contributed by atoms with Crippen LogP contribution in [0, 0.1) is 6.92 Å². The van der Waals surface area contributed by atoms with Crippen LogP contribution < -0.4 is 4.74 Å². The van der Waals surface area contributed by atoms with Gasteiger partial charge in [0.05, 0.1) is 0 Å². The van der Waals surface area contributed by atoms with Gasteiger partial charge in [0.1, 0.15) is 12.1 Å². The lowest BCUT2D eigenvalue weighted by Crippen LogP contribution is -1.93. The van der Waals surface area contributed by atoms with Gasteiger partial charge in [-0.1, -0.05) is 15.9 Å². The largest absolute Gasteiger partial charge is 0.436 e. The first-order valence-corrected chi connectivity index (χ1v) is 6.12. The third-order valence-corrected chi connectivity index (χ3v) is 3.42. The van der Waals surface area contributed by atoms with Gasteiger partial charge in [0.2, 0.25) is 5.65 Å². The molecule has 5 nitrogen and oxygen atoms in total. The number of ether oxygens (including phenoxy) is 1. The number of benzene rings is 1. The Kier molecular flexibility index (Phi) is 2.71. The van der Waals surface area contributed by atoms with E-state index in [4.69, 9.17) is 4.74 Å². The van der Waals surface area contributed by atoms with Crippen LogP contribution in [0.5, 0.6) is 11.6 Å². The predicted octanol–water partition coefficient (Wildman–Crippen LogP) is 2.99. The second-order valence-electron chi connectivity index (χ2n) is 3.81. The Balaban J connectivity index is 2.01. The fourth-order valence-corrected chi connectivity index (χ4v) is 1.85. The van der Waals surface area contributed by atoms with Crippen LogP contribution >= 0.6 is 15.9 Å². The molecular formula is C12H9BrN4O. The SMILES string of the molecule is Cc1cc(Oc2nccn3cnnc23)ccc1Br. The first-order valence-electron chi connectivity index (χ1n) is 5.32. The highest BCUT2D eigenvalue weighted by Gasteiger charge is 2.07. The Morgan fingerprint density at radius 1 is 1.33 bits per heavy atom. The van der Waals surface area contributed by atoms with Crippen molar-refractivity contribution in [3.05, 3.63) is 47.0 Å². The molecule has 3 rings (SSSR count). The Bertz CT molecular complexity index is 710. The molecule has 0 saturated heterocycles. The van der Waals surface area contributed by atoms with Crippen molar-refractivity contribution in [2.75, 3.05) is 0 Å². The molecule has 0 N–H and O–H groups in total. The number of rotatable bonds is 2. The molecule has 0 radical (unpaired) electrons. The predicted molar refractivity (Wildman–Crippen MR) is 69.7 cm³/mol. The molecule has 2 heterocycles. The van der Waals surface area contributed by atoms with Gasteiger partial charge in [0.25, 0.3) is 5.88 Å². The van der Waals surface area contributed by atoms with Gasteiger partial charge < -0.3 is 4.74 Å². The van der Waals surface area contributed by atoms with Crippen LogP contribution in [0.25, 0.3) is 5.65 Å². The summed E-state index contributed by atoms with van der Waals surface area (Å²) in [6.07, 6.45) is 5.03. The van der Waals surface area contributed by atoms with Crippen LogP contribution in [0.15, 0.2) is 41.4 Å². The van der Waals surface area contributed by atoms with Crippen molar-refractivity contribution in [3.63, 3.8) is 0 Å². The van der Waals surface area contributed by atoms with Crippen molar-refractivity contribution in [1.82, 2.24) is 19.6 Å². The maximum absolute atomic E-state index is 5.73. The molecule has 3 aromatic rings. The van der Waals surface area contributed by atoms with Gasteiger partial charge in [-0.15, -0.1) is 10.2 Å². The summed E-state index contributed by atoms with van der Waals surface area (Å²) < 4.78 is 8.53. The quantitative estimate of drug-likeness (QED) is 0.730. The summed E-state index contributed by atoms with van der Waals surface area (Å²) in [7, 11) is 0. The van der Waals surface area contributed by atoms with E-state index in [0.29, 0.717) is 11.5 Å². The molecule has 0 bridgehead atoms. The van der Waals surface area contributed by atoms with Crippen LogP contribution in [-0.4, -0.2) is 19.6 Å². The molecule has 0 unspecified atom stereocenters. The van der Waals surface area contributed by atoms with Gasteiger partial charge in [-0.05, 0) is 30.7 Å². The maximum Gasteiger partial charge on any atom is 0.265 e. The van der Waals surface area contributed by atoms with Gasteiger partial charge in [0, 0.05) is 16.9 Å². The number of hydrogen-bond donors (Lipinski definition) is 0. The van der Waals surface area contributed by atoms with E-state index in [0.717, 1.165) is 15.8 Å². The molecule has 0 saturated carbocycles. The normalized spacial score (nSPS) is 10.8. The zero-order valence-corrected chi connectivity index (χ0v) is 11.1. The number of fused-ring (bicyclic) bond motifs is 1. The number of halogens is 1. The molecular weight excluding hydrogens is 296 g/mol. The molecule has 0 amide bonds. The minimum Gasteiger partial charge on any atom is -0.436 e. The highest BCUT2D eigenvalue weighted by Crippen LogP contribution is 2.26. The van der Waals surface area contributed by atoms with Gasteiger partial charge in [-0.25, -0.2) is 4.98 Å². The van der Waals surface area contributed by atoms with Crippen molar-refractivity contribution in [3.8, 4) is 11.6 Å². The Morgan fingerprint density at radius 2 is 2.22 bits per heavy atom. The van der Waals surface area contributed by atoms with Crippen molar-refractivity contribution < 1.29 is 4.74 Å². The van der Waals surface area contributed by atoms with E-state index in [2.05, 4.69) is 31.1 Å². The monoisotopic (exact) mass is 304 g/mol. The molecule has 0 atom stereocenters. The van der Waals surface area contributed by atoms with E-state index in [1.54, 1.807) is 23.1 Å². The highest BCUT2D eigenvalue weighted by molar-refractivity contribution is 9.10. The molecule has 0 fully saturated rings. The van der Waals surface area contributed by atoms with Crippen molar-refractivity contribution in [1.29, 1.82) is 0 Å². The molecule has 18 heavy (non-hydrogen) atoms. The van der Waals surface area contributed by atoms with Crippen LogP contribution in [0.4, 0.5) is 0 Å². The Labute approximate surface area is 112 Å². The van der Waals surface area contributed by atoms with Crippen molar-refractivity contribution in [2.45, 2.75) is 6.92 Å². The van der Waals surface area contributed by atoms with Gasteiger partial charge in [0.15, 0.2) is 0 Å². The average Bonchev–Trinajstić information content (AvgIpc) is 2.83. The van der Waals surface area contributed by atoms with Gasteiger partial charge in [-0.2, -0.15) is 0 Å². The second-order valence-corrected chi connectivity index (χ2v) is 4.66. The van der Waals surface area contributed by atoms with Gasteiger partial charge in [-0.3, -0.25) is 4.40 Å². The molecule has 0 aliphatic rings. The van der Waals surface area contributed by atoms with E-state index in [1.807, 2.05) is 25.1 Å². The number of hydrogen-bond acceptors (Lipinski definition) is 4. The topological polar surface area (TPSA) is 52.3 Å². The number of aromatic nitrogens is 4. The molecule has 6 heteroatoms. The lowest BCUT2D eigenvalue weighted by molar-refractivity contribution is 0.464. The smallest absolute Gasteiger partial charge is 0.265 e. The van der Waals surface area contributed by atoms with Crippen molar-refractivity contribution in [2.24, 2.45) is 0 Å². The summed E-state index contributed by atoms with van der Waals surface area (Å²) in [5.74, 6) is 1.16. The molecule has 1 aromatic carbocycles. The molecule has 90 valence electrons. The molecule has 0 aliphatic carbocycles. The average molecular weight is 305 g/mol. The Morgan fingerprint density at radius 3 is 3.06 bits per heavy atom. The summed E-state index contributed by atoms with van der Waals surface area (Å²) in [4.78, 5) is 4.17. The maximum atomic E-state index is 5.73. The van der Waals surface area contributed by atoms with E-state index in [1.165, 1.54) is 0 Å². The fraction of sp³-hybridized carbons (Fsp3) is 0.0833. The van der Waals surface area contributed by atoms with Crippen molar-refractivity contribution >= 4 is 21.6 Å². The lowest BCUT2D eigenvalue weighted by Gasteiger charge is -2.06. The first-order chi connectivity index (χ1) is 8.74. The van der Waals surface area contributed by atoms with Crippen LogP contribution in [0.2, 0.25) is 0 Å². The lowest BCUT2D eigenvalue weighted by atomic mass is 10.2. The number of nitrogens with zero attached hydrogens (tertiary/aromatic N) is 4. The second kappa shape index (κ2) is 4.38. The summed E-state index contributed by atoms with van der Waals surface area (Å²) in [5, 5.41) is 7.79. The van der Waals surface area contributed by atoms with E-state index in [-0.39, 0.29) is 0 Å². The minimum atomic E-state index is 0.441. The molecule has 2 aromatic heterocycles. The standard InChI is InChI=1S/C12H9BrN4O/c1-8-6-9(2-3-10(8)13)18-12-11-16-15-7-17(11)5-4-14-12/h2-7H,1H3. The summed E-state index contributed by atoms with van der Waals surface area (Å²) in [6, 6.07) is 5.75. The minimum absolute atomic E-state index is 0.441. The van der Waals surface area contributed by atoms with E-state index in [9.17, 15) is 0 Å². The third-order valence-electron chi connectivity index (χ3n) is 2.53. The highest BCUT2D eigenvalue weighted by atomic mass is 79.9. The van der Waals surface area contributed by atoms with Crippen LogP contribution in [0.3, 0.4) is 0 Å². The summed E-state index contributed by atoms with van der Waals surface area (Å²) in [6.45, 7) is 2.00. The van der Waals surface area contributed by atoms with Crippen LogP contribution in [0.1, 0.15) is 5.56 Å². The van der Waals surface area contributed by atoms with E-state index >= 15 is 0 Å². The molecule has 0 spiro atoms. The zero-order chi connectivity index (χ0) is 12.5. The third kappa shape index (κ3) is 1.95. The fourth-order valence-electron chi connectivity index (χ4n) is 1.60. The first kappa shape index (κ1) is 11.2.